The molecule has 5 nitrogen and oxygen atoms in total. The van der Waals surface area contributed by atoms with Crippen LogP contribution in [0.1, 0.15) is 23.7 Å². The van der Waals surface area contributed by atoms with Crippen molar-refractivity contribution >= 4 is 32.5 Å². The highest BCUT2D eigenvalue weighted by molar-refractivity contribution is 7.90. The third kappa shape index (κ3) is 2.94. The van der Waals surface area contributed by atoms with E-state index in [0.29, 0.717) is 16.9 Å². The predicted molar refractivity (Wildman–Crippen MR) is 78.4 cm³/mol. The van der Waals surface area contributed by atoms with Gasteiger partial charge in [0.05, 0.1) is 22.2 Å². The molecule has 106 valence electrons. The summed E-state index contributed by atoms with van der Waals surface area (Å²) in [7, 11) is -3.08. The minimum atomic E-state index is -3.08. The van der Waals surface area contributed by atoms with E-state index in [4.69, 9.17) is 16.9 Å². The molecule has 0 saturated carbocycles. The molecule has 1 unspecified atom stereocenters. The first-order chi connectivity index (χ1) is 9.33. The number of sulfone groups is 1. The van der Waals surface area contributed by atoms with Crippen molar-refractivity contribution in [2.75, 3.05) is 12.0 Å². The number of fused-ring (bicyclic) bond motifs is 1. The van der Waals surface area contributed by atoms with Crippen LogP contribution in [0.3, 0.4) is 0 Å². The molecule has 7 heteroatoms. The van der Waals surface area contributed by atoms with Crippen LogP contribution in [-0.4, -0.2) is 30.0 Å². The van der Waals surface area contributed by atoms with Crippen LogP contribution in [0.2, 0.25) is 0 Å². The van der Waals surface area contributed by atoms with Crippen LogP contribution >= 0.6 is 11.6 Å². The van der Waals surface area contributed by atoms with Crippen LogP contribution in [0.5, 0.6) is 0 Å². The molecule has 1 aromatic carbocycles. The normalized spacial score (nSPS) is 13.3. The molecule has 0 bridgehead atoms. The highest BCUT2D eigenvalue weighted by Gasteiger charge is 2.17. The quantitative estimate of drug-likeness (QED) is 0.812. The monoisotopic (exact) mass is 311 g/mol. The maximum Gasteiger partial charge on any atom is 0.149 e. The van der Waals surface area contributed by atoms with Crippen molar-refractivity contribution < 1.29 is 8.42 Å². The molecule has 0 radical (unpaired) electrons. The van der Waals surface area contributed by atoms with Gasteiger partial charge in [0.25, 0.3) is 0 Å². The van der Waals surface area contributed by atoms with Crippen LogP contribution in [-0.2, 0) is 16.4 Å². The molecule has 1 atom stereocenters. The number of nitrogens with zero attached hydrogens (tertiary/aromatic N) is 3. The van der Waals surface area contributed by atoms with E-state index in [1.54, 1.807) is 23.6 Å². The summed E-state index contributed by atoms with van der Waals surface area (Å²) >= 11 is 6.11. The number of halogens is 1. The molecule has 0 aliphatic rings. The fourth-order valence-corrected chi connectivity index (χ4v) is 2.73. The average Bonchev–Trinajstić information content (AvgIpc) is 2.74. The number of hydrogen-bond donors (Lipinski definition) is 0. The number of aryl methyl sites for hydroxylation is 1. The van der Waals surface area contributed by atoms with Gasteiger partial charge in [0, 0.05) is 12.8 Å². The van der Waals surface area contributed by atoms with E-state index >= 15 is 0 Å². The Morgan fingerprint density at radius 1 is 1.50 bits per heavy atom. The van der Waals surface area contributed by atoms with Crippen molar-refractivity contribution in [2.24, 2.45) is 0 Å². The molecule has 0 spiro atoms. The maximum atomic E-state index is 11.3. The van der Waals surface area contributed by atoms with Crippen molar-refractivity contribution in [1.29, 1.82) is 5.26 Å². The number of rotatable bonds is 4. The van der Waals surface area contributed by atoms with Gasteiger partial charge in [-0.1, -0.05) is 6.07 Å². The van der Waals surface area contributed by atoms with E-state index in [1.165, 1.54) is 6.26 Å². The summed E-state index contributed by atoms with van der Waals surface area (Å²) in [6, 6.07) is 7.33. The zero-order chi connectivity index (χ0) is 14.9. The SMILES string of the molecule is CC(Cl)c1nc2c(C#N)cccc2n1CCS(C)(=O)=O. The summed E-state index contributed by atoms with van der Waals surface area (Å²) in [5.41, 5.74) is 1.75. The Bertz CT molecular complexity index is 788. The third-order valence-corrected chi connectivity index (χ3v) is 4.09. The molecule has 2 rings (SSSR count). The molecule has 0 fully saturated rings. The fraction of sp³-hybridized carbons (Fsp3) is 0.385. The molecule has 0 saturated heterocycles. The van der Waals surface area contributed by atoms with Gasteiger partial charge in [0.1, 0.15) is 27.2 Å². The largest absolute Gasteiger partial charge is 0.326 e. The number of nitriles is 1. The number of alkyl halides is 1. The Balaban J connectivity index is 2.61. The second kappa shape index (κ2) is 5.43. The number of benzene rings is 1. The van der Waals surface area contributed by atoms with Crippen LogP contribution in [0.15, 0.2) is 18.2 Å². The Kier molecular flexibility index (Phi) is 4.02. The lowest BCUT2D eigenvalue weighted by Gasteiger charge is -2.09. The molecular formula is C13H14ClN3O2S. The van der Waals surface area contributed by atoms with Gasteiger partial charge in [-0.25, -0.2) is 13.4 Å². The Morgan fingerprint density at radius 2 is 2.20 bits per heavy atom. The van der Waals surface area contributed by atoms with E-state index in [2.05, 4.69) is 11.1 Å². The zero-order valence-electron chi connectivity index (χ0n) is 11.2. The van der Waals surface area contributed by atoms with Crippen LogP contribution in [0, 0.1) is 11.3 Å². The lowest BCUT2D eigenvalue weighted by Crippen LogP contribution is -2.13. The first-order valence-electron chi connectivity index (χ1n) is 6.04. The summed E-state index contributed by atoms with van der Waals surface area (Å²) in [5, 5.41) is 8.74. The molecule has 0 N–H and O–H groups in total. The van der Waals surface area contributed by atoms with Gasteiger partial charge in [-0.2, -0.15) is 5.26 Å². The number of imidazole rings is 1. The third-order valence-electron chi connectivity index (χ3n) is 2.97. The van der Waals surface area contributed by atoms with Gasteiger partial charge in [-0.05, 0) is 19.1 Å². The van der Waals surface area contributed by atoms with Crippen LogP contribution in [0.25, 0.3) is 11.0 Å². The smallest absolute Gasteiger partial charge is 0.149 e. The highest BCUT2D eigenvalue weighted by Crippen LogP contribution is 2.26. The van der Waals surface area contributed by atoms with Gasteiger partial charge in [-0.15, -0.1) is 11.6 Å². The Morgan fingerprint density at radius 3 is 2.75 bits per heavy atom. The molecule has 0 amide bonds. The molecule has 1 heterocycles. The van der Waals surface area contributed by atoms with Gasteiger partial charge >= 0.3 is 0 Å². The summed E-state index contributed by atoms with van der Waals surface area (Å²) in [4.78, 5) is 4.40. The van der Waals surface area contributed by atoms with Crippen molar-refractivity contribution in [1.82, 2.24) is 9.55 Å². The first-order valence-corrected chi connectivity index (χ1v) is 8.54. The topological polar surface area (TPSA) is 75.8 Å². The maximum absolute atomic E-state index is 11.3. The molecule has 2 aromatic rings. The highest BCUT2D eigenvalue weighted by atomic mass is 35.5. The minimum absolute atomic E-state index is 0.00580. The summed E-state index contributed by atoms with van der Waals surface area (Å²) in [5.74, 6) is 0.583. The zero-order valence-corrected chi connectivity index (χ0v) is 12.7. The first kappa shape index (κ1) is 14.8. The Hall–Kier alpha value is -1.58. The van der Waals surface area contributed by atoms with Crippen LogP contribution < -0.4 is 0 Å². The average molecular weight is 312 g/mol. The van der Waals surface area contributed by atoms with Crippen LogP contribution in [0.4, 0.5) is 0 Å². The summed E-state index contributed by atoms with van der Waals surface area (Å²) in [6.45, 7) is 2.04. The summed E-state index contributed by atoms with van der Waals surface area (Å²) < 4.78 is 24.5. The predicted octanol–water partition coefficient (Wildman–Crippen LogP) is 2.25. The fourth-order valence-electron chi connectivity index (χ4n) is 2.05. The van der Waals surface area contributed by atoms with Gasteiger partial charge in [0.2, 0.25) is 0 Å². The second-order valence-corrected chi connectivity index (χ2v) is 7.57. The molecule has 0 aliphatic heterocycles. The minimum Gasteiger partial charge on any atom is -0.326 e. The van der Waals surface area contributed by atoms with Crippen molar-refractivity contribution in [3.8, 4) is 6.07 Å². The van der Waals surface area contributed by atoms with E-state index < -0.39 is 9.84 Å². The summed E-state index contributed by atoms with van der Waals surface area (Å²) in [6.07, 6.45) is 1.19. The standard InChI is InChI=1S/C13H14ClN3O2S/c1-9(14)13-16-12-10(8-15)4-3-5-11(12)17(13)6-7-20(2,18)19/h3-5,9H,6-7H2,1-2H3. The molecular weight excluding hydrogens is 298 g/mol. The van der Waals surface area contributed by atoms with Crippen molar-refractivity contribution in [3.63, 3.8) is 0 Å². The lowest BCUT2D eigenvalue weighted by molar-refractivity contribution is 0.593. The van der Waals surface area contributed by atoms with Crippen molar-refractivity contribution in [2.45, 2.75) is 18.8 Å². The number of para-hydroxylation sites is 1. The molecule has 0 aliphatic carbocycles. The Labute approximate surface area is 122 Å². The molecule has 20 heavy (non-hydrogen) atoms. The van der Waals surface area contributed by atoms with Gasteiger partial charge in [-0.3, -0.25) is 0 Å². The van der Waals surface area contributed by atoms with Gasteiger partial charge < -0.3 is 4.57 Å². The van der Waals surface area contributed by atoms with E-state index in [9.17, 15) is 8.42 Å². The van der Waals surface area contributed by atoms with Crippen molar-refractivity contribution in [3.05, 3.63) is 29.6 Å². The van der Waals surface area contributed by atoms with Gasteiger partial charge in [0.15, 0.2) is 0 Å². The van der Waals surface area contributed by atoms with E-state index in [-0.39, 0.29) is 17.7 Å². The number of hydrogen-bond acceptors (Lipinski definition) is 4. The van der Waals surface area contributed by atoms with E-state index in [1.807, 2.05) is 6.07 Å². The lowest BCUT2D eigenvalue weighted by atomic mass is 10.2. The number of aromatic nitrogens is 2. The van der Waals surface area contributed by atoms with E-state index in [0.717, 1.165) is 5.52 Å². The second-order valence-electron chi connectivity index (χ2n) is 4.65. The molecule has 1 aromatic heterocycles.